The third-order valence-corrected chi connectivity index (χ3v) is 5.05. The topological polar surface area (TPSA) is 99.5 Å². The standard InChI is InChI=1S/C23H22FN3O4/c1-15(21(28)26-20-6-2-4-16(12-20)13-25)31-23(30)18-5-3-11-27(14-18)22(29)17-7-9-19(24)10-8-17/h2,4,6-10,12,15,18H,3,5,11,14H2,1H3,(H,26,28). The van der Waals surface area contributed by atoms with Crippen LogP contribution in [0.25, 0.3) is 0 Å². The number of rotatable bonds is 5. The highest BCUT2D eigenvalue weighted by molar-refractivity contribution is 5.96. The number of amides is 2. The zero-order valence-corrected chi connectivity index (χ0v) is 17.0. The highest BCUT2D eigenvalue weighted by atomic mass is 19.1. The van der Waals surface area contributed by atoms with Crippen LogP contribution in [0, 0.1) is 23.1 Å². The fourth-order valence-corrected chi connectivity index (χ4v) is 3.36. The third-order valence-electron chi connectivity index (χ3n) is 5.05. The van der Waals surface area contributed by atoms with Gasteiger partial charge in [-0.25, -0.2) is 4.39 Å². The van der Waals surface area contributed by atoms with Crippen LogP contribution in [0.5, 0.6) is 0 Å². The predicted molar refractivity (Wildman–Crippen MR) is 110 cm³/mol. The second-order valence-corrected chi connectivity index (χ2v) is 7.36. The smallest absolute Gasteiger partial charge is 0.311 e. The molecule has 1 fully saturated rings. The van der Waals surface area contributed by atoms with E-state index in [0.29, 0.717) is 36.2 Å². The van der Waals surface area contributed by atoms with Gasteiger partial charge in [-0.15, -0.1) is 0 Å². The lowest BCUT2D eigenvalue weighted by molar-refractivity contribution is -0.158. The molecular formula is C23H22FN3O4. The molecule has 0 saturated carbocycles. The van der Waals surface area contributed by atoms with Crippen LogP contribution in [0.1, 0.15) is 35.7 Å². The van der Waals surface area contributed by atoms with E-state index in [0.717, 1.165) is 0 Å². The van der Waals surface area contributed by atoms with E-state index in [1.54, 1.807) is 23.1 Å². The van der Waals surface area contributed by atoms with Crippen LogP contribution < -0.4 is 5.32 Å². The summed E-state index contributed by atoms with van der Waals surface area (Å²) in [4.78, 5) is 39.1. The van der Waals surface area contributed by atoms with E-state index in [4.69, 9.17) is 10.00 Å². The van der Waals surface area contributed by atoms with Crippen LogP contribution in [0.4, 0.5) is 10.1 Å². The number of ether oxygens (including phenoxy) is 1. The van der Waals surface area contributed by atoms with Gasteiger partial charge in [0.15, 0.2) is 6.10 Å². The summed E-state index contributed by atoms with van der Waals surface area (Å²) in [6, 6.07) is 13.6. The summed E-state index contributed by atoms with van der Waals surface area (Å²) < 4.78 is 18.4. The first kappa shape index (κ1) is 22.0. The van der Waals surface area contributed by atoms with Crippen molar-refractivity contribution in [3.05, 3.63) is 65.5 Å². The molecule has 8 heteroatoms. The molecule has 2 atom stereocenters. The van der Waals surface area contributed by atoms with Gasteiger partial charge < -0.3 is 15.0 Å². The van der Waals surface area contributed by atoms with E-state index in [2.05, 4.69) is 5.32 Å². The fraction of sp³-hybridized carbons (Fsp3) is 0.304. The highest BCUT2D eigenvalue weighted by Gasteiger charge is 2.31. The number of benzene rings is 2. The SMILES string of the molecule is CC(OC(=O)C1CCCN(C(=O)c2ccc(F)cc2)C1)C(=O)Nc1cccc(C#N)c1. The minimum absolute atomic E-state index is 0.174. The lowest BCUT2D eigenvalue weighted by atomic mass is 9.97. The van der Waals surface area contributed by atoms with E-state index in [1.165, 1.54) is 37.3 Å². The van der Waals surface area contributed by atoms with Crippen LogP contribution >= 0.6 is 0 Å². The zero-order chi connectivity index (χ0) is 22.4. The van der Waals surface area contributed by atoms with E-state index >= 15 is 0 Å². The molecule has 1 aliphatic rings. The first-order chi connectivity index (χ1) is 14.9. The molecule has 2 amide bonds. The van der Waals surface area contributed by atoms with Crippen LogP contribution in [0.2, 0.25) is 0 Å². The van der Waals surface area contributed by atoms with Crippen molar-refractivity contribution in [1.29, 1.82) is 5.26 Å². The average Bonchev–Trinajstić information content (AvgIpc) is 2.79. The molecule has 2 aromatic rings. The first-order valence-electron chi connectivity index (χ1n) is 9.93. The number of piperidine rings is 1. The van der Waals surface area contributed by atoms with Crippen molar-refractivity contribution in [2.75, 3.05) is 18.4 Å². The van der Waals surface area contributed by atoms with Gasteiger partial charge >= 0.3 is 5.97 Å². The maximum atomic E-state index is 13.1. The van der Waals surface area contributed by atoms with Crippen molar-refractivity contribution in [3.8, 4) is 6.07 Å². The number of nitrogens with zero attached hydrogens (tertiary/aromatic N) is 2. The molecule has 0 aromatic heterocycles. The summed E-state index contributed by atoms with van der Waals surface area (Å²) in [7, 11) is 0. The number of carbonyl (C=O) groups excluding carboxylic acids is 3. The molecule has 3 rings (SSSR count). The van der Waals surface area contributed by atoms with E-state index in [1.807, 2.05) is 6.07 Å². The molecule has 1 heterocycles. The Bertz CT molecular complexity index is 1020. The van der Waals surface area contributed by atoms with Crippen LogP contribution in [-0.2, 0) is 14.3 Å². The number of hydrogen-bond donors (Lipinski definition) is 1. The molecule has 2 aromatic carbocycles. The first-order valence-corrected chi connectivity index (χ1v) is 9.93. The van der Waals surface area contributed by atoms with E-state index in [-0.39, 0.29) is 12.5 Å². The Kier molecular flexibility index (Phi) is 6.98. The zero-order valence-electron chi connectivity index (χ0n) is 17.0. The van der Waals surface area contributed by atoms with Crippen molar-refractivity contribution in [2.45, 2.75) is 25.9 Å². The number of anilines is 1. The van der Waals surface area contributed by atoms with Gasteiger partial charge in [0, 0.05) is 24.3 Å². The largest absolute Gasteiger partial charge is 0.452 e. The third kappa shape index (κ3) is 5.66. The number of nitrogens with one attached hydrogen (secondary N) is 1. The van der Waals surface area contributed by atoms with Crippen molar-refractivity contribution < 1.29 is 23.5 Å². The quantitative estimate of drug-likeness (QED) is 0.745. The summed E-state index contributed by atoms with van der Waals surface area (Å²) in [5.74, 6) is -2.32. The number of carbonyl (C=O) groups is 3. The van der Waals surface area contributed by atoms with Gasteiger partial charge in [-0.3, -0.25) is 14.4 Å². The molecule has 1 saturated heterocycles. The molecule has 0 radical (unpaired) electrons. The Morgan fingerprint density at radius 3 is 2.68 bits per heavy atom. The number of halogens is 1. The fourth-order valence-electron chi connectivity index (χ4n) is 3.36. The Hall–Kier alpha value is -3.73. The van der Waals surface area contributed by atoms with E-state index < -0.39 is 29.7 Å². The number of hydrogen-bond acceptors (Lipinski definition) is 5. The van der Waals surface area contributed by atoms with E-state index in [9.17, 15) is 18.8 Å². The molecule has 160 valence electrons. The highest BCUT2D eigenvalue weighted by Crippen LogP contribution is 2.21. The van der Waals surface area contributed by atoms with Crippen molar-refractivity contribution >= 4 is 23.5 Å². The lowest BCUT2D eigenvalue weighted by Crippen LogP contribution is -2.44. The molecular weight excluding hydrogens is 401 g/mol. The predicted octanol–water partition coefficient (Wildman–Crippen LogP) is 3.12. The number of esters is 1. The summed E-state index contributed by atoms with van der Waals surface area (Å²) in [5.41, 5.74) is 1.18. The monoisotopic (exact) mass is 423 g/mol. The molecule has 7 nitrogen and oxygen atoms in total. The molecule has 1 aliphatic heterocycles. The normalized spacial score (nSPS) is 16.7. The number of nitriles is 1. The van der Waals surface area contributed by atoms with Crippen molar-refractivity contribution in [2.24, 2.45) is 5.92 Å². The Morgan fingerprint density at radius 1 is 1.23 bits per heavy atom. The molecule has 31 heavy (non-hydrogen) atoms. The Labute approximate surface area is 179 Å². The van der Waals surface area contributed by atoms with Gasteiger partial charge in [0.05, 0.1) is 17.6 Å². The van der Waals surface area contributed by atoms with Gasteiger partial charge in [-0.1, -0.05) is 6.07 Å². The maximum Gasteiger partial charge on any atom is 0.311 e. The molecule has 0 aliphatic carbocycles. The second-order valence-electron chi connectivity index (χ2n) is 7.36. The summed E-state index contributed by atoms with van der Waals surface area (Å²) in [5, 5.41) is 11.6. The Morgan fingerprint density at radius 2 is 1.97 bits per heavy atom. The minimum Gasteiger partial charge on any atom is -0.452 e. The minimum atomic E-state index is -1.04. The van der Waals surface area contributed by atoms with Gasteiger partial charge in [0.25, 0.3) is 11.8 Å². The molecule has 0 bridgehead atoms. The van der Waals surface area contributed by atoms with Gasteiger partial charge in [0.2, 0.25) is 0 Å². The van der Waals surface area contributed by atoms with Crippen molar-refractivity contribution in [3.63, 3.8) is 0 Å². The van der Waals surface area contributed by atoms with Crippen LogP contribution in [0.15, 0.2) is 48.5 Å². The van der Waals surface area contributed by atoms with Crippen LogP contribution in [-0.4, -0.2) is 41.9 Å². The lowest BCUT2D eigenvalue weighted by Gasteiger charge is -2.32. The average molecular weight is 423 g/mol. The summed E-state index contributed by atoms with van der Waals surface area (Å²) >= 11 is 0. The number of likely N-dealkylation sites (tertiary alicyclic amines) is 1. The summed E-state index contributed by atoms with van der Waals surface area (Å²) in [6.45, 7) is 2.13. The van der Waals surface area contributed by atoms with Crippen LogP contribution in [0.3, 0.4) is 0 Å². The molecule has 0 spiro atoms. The van der Waals surface area contributed by atoms with Crippen molar-refractivity contribution in [1.82, 2.24) is 4.90 Å². The second kappa shape index (κ2) is 9.85. The van der Waals surface area contributed by atoms with Gasteiger partial charge in [0.1, 0.15) is 5.82 Å². The maximum absolute atomic E-state index is 13.1. The van der Waals surface area contributed by atoms with Gasteiger partial charge in [-0.2, -0.15) is 5.26 Å². The molecule has 1 N–H and O–H groups in total. The van der Waals surface area contributed by atoms with Gasteiger partial charge in [-0.05, 0) is 62.2 Å². The Balaban J connectivity index is 1.56. The summed E-state index contributed by atoms with van der Waals surface area (Å²) in [6.07, 6.45) is 0.125. The molecule has 2 unspecified atom stereocenters.